The van der Waals surface area contributed by atoms with Crippen LogP contribution in [-0.4, -0.2) is 55.1 Å². The van der Waals surface area contributed by atoms with Crippen molar-refractivity contribution in [3.63, 3.8) is 0 Å². The third-order valence-electron chi connectivity index (χ3n) is 5.73. The lowest BCUT2D eigenvalue weighted by Gasteiger charge is -2.37. The largest absolute Gasteiger partial charge is 0.357 e. The van der Waals surface area contributed by atoms with E-state index in [2.05, 4.69) is 33.1 Å². The number of guanidine groups is 1. The summed E-state index contributed by atoms with van der Waals surface area (Å²) in [6, 6.07) is 13.0. The Morgan fingerprint density at radius 1 is 1.10 bits per heavy atom. The number of piperazine rings is 1. The zero-order chi connectivity index (χ0) is 19.4. The number of nitrogens with zero attached hydrogens (tertiary/aromatic N) is 4. The summed E-state index contributed by atoms with van der Waals surface area (Å²) in [5, 5.41) is 3.45. The third-order valence-corrected chi connectivity index (χ3v) is 5.73. The lowest BCUT2D eigenvalue weighted by atomic mass is 9.96. The van der Waals surface area contributed by atoms with Gasteiger partial charge in [-0.15, -0.1) is 24.0 Å². The average Bonchev–Trinajstić information content (AvgIpc) is 3.53. The molecule has 0 atom stereocenters. The van der Waals surface area contributed by atoms with Gasteiger partial charge in [-0.25, -0.2) is 9.37 Å². The number of halogens is 2. The molecule has 1 saturated carbocycles. The first-order valence-corrected chi connectivity index (χ1v) is 10.2. The molecule has 2 heterocycles. The summed E-state index contributed by atoms with van der Waals surface area (Å²) >= 11 is 0. The summed E-state index contributed by atoms with van der Waals surface area (Å²) in [5.74, 6) is 1.84. The van der Waals surface area contributed by atoms with Crippen LogP contribution in [0.25, 0.3) is 0 Å². The van der Waals surface area contributed by atoms with Gasteiger partial charge in [0.15, 0.2) is 5.96 Å². The van der Waals surface area contributed by atoms with Gasteiger partial charge in [0.25, 0.3) is 0 Å². The van der Waals surface area contributed by atoms with Crippen LogP contribution in [0.5, 0.6) is 0 Å². The molecule has 1 saturated heterocycles. The van der Waals surface area contributed by atoms with Gasteiger partial charge < -0.3 is 15.1 Å². The number of pyridine rings is 1. The summed E-state index contributed by atoms with van der Waals surface area (Å²) in [5.41, 5.74) is 1.29. The van der Waals surface area contributed by atoms with Gasteiger partial charge in [-0.2, -0.15) is 0 Å². The fourth-order valence-corrected chi connectivity index (χ4v) is 3.83. The van der Waals surface area contributed by atoms with Gasteiger partial charge in [0.2, 0.25) is 0 Å². The smallest absolute Gasteiger partial charge is 0.194 e. The van der Waals surface area contributed by atoms with Crippen molar-refractivity contribution in [1.29, 1.82) is 0 Å². The van der Waals surface area contributed by atoms with Crippen LogP contribution in [0.3, 0.4) is 0 Å². The topological polar surface area (TPSA) is 43.8 Å². The van der Waals surface area contributed by atoms with E-state index in [9.17, 15) is 4.39 Å². The molecule has 0 radical (unpaired) electrons. The molecule has 2 aliphatic rings. The summed E-state index contributed by atoms with van der Waals surface area (Å²) < 4.78 is 13.3. The molecule has 2 aromatic rings. The third kappa shape index (κ3) is 5.18. The summed E-state index contributed by atoms with van der Waals surface area (Å²) in [6.45, 7) is 7.42. The molecule has 0 bridgehead atoms. The first kappa shape index (κ1) is 21.8. The minimum Gasteiger partial charge on any atom is -0.357 e. The van der Waals surface area contributed by atoms with Crippen LogP contribution in [0.4, 0.5) is 10.2 Å². The molecule has 156 valence electrons. The van der Waals surface area contributed by atoms with E-state index in [0.717, 1.165) is 63.9 Å². The Bertz CT molecular complexity index is 800. The molecule has 1 N–H and O–H groups in total. The Morgan fingerprint density at radius 2 is 1.83 bits per heavy atom. The fourth-order valence-electron chi connectivity index (χ4n) is 3.83. The highest BCUT2D eigenvalue weighted by atomic mass is 127. The highest BCUT2D eigenvalue weighted by Crippen LogP contribution is 2.48. The summed E-state index contributed by atoms with van der Waals surface area (Å²) in [6.07, 6.45) is 4.09. The van der Waals surface area contributed by atoms with Crippen molar-refractivity contribution in [3.8, 4) is 0 Å². The number of aromatic nitrogens is 1. The second-order valence-corrected chi connectivity index (χ2v) is 7.62. The van der Waals surface area contributed by atoms with Gasteiger partial charge in [-0.05, 0) is 49.6 Å². The van der Waals surface area contributed by atoms with Crippen LogP contribution in [-0.2, 0) is 5.41 Å². The highest BCUT2D eigenvalue weighted by molar-refractivity contribution is 14.0. The molecule has 7 heteroatoms. The van der Waals surface area contributed by atoms with Gasteiger partial charge in [0.05, 0.1) is 6.54 Å². The Labute approximate surface area is 189 Å². The highest BCUT2D eigenvalue weighted by Gasteiger charge is 2.44. The Hall–Kier alpha value is -1.90. The van der Waals surface area contributed by atoms with Crippen LogP contribution in [0.1, 0.15) is 25.3 Å². The molecule has 2 fully saturated rings. The Balaban J connectivity index is 0.00000240. The monoisotopic (exact) mass is 509 g/mol. The second kappa shape index (κ2) is 9.73. The first-order valence-electron chi connectivity index (χ1n) is 10.2. The van der Waals surface area contributed by atoms with Crippen LogP contribution < -0.4 is 10.2 Å². The Kier molecular flexibility index (Phi) is 7.32. The van der Waals surface area contributed by atoms with Crippen molar-refractivity contribution in [1.82, 2.24) is 15.2 Å². The number of hydrogen-bond acceptors (Lipinski definition) is 3. The van der Waals surface area contributed by atoms with Crippen molar-refractivity contribution < 1.29 is 4.39 Å². The van der Waals surface area contributed by atoms with Crippen LogP contribution >= 0.6 is 24.0 Å². The van der Waals surface area contributed by atoms with Crippen molar-refractivity contribution in [2.75, 3.05) is 44.2 Å². The molecule has 0 unspecified atom stereocenters. The molecule has 5 nitrogen and oxygen atoms in total. The molecular weight excluding hydrogens is 480 g/mol. The lowest BCUT2D eigenvalue weighted by Crippen LogP contribution is -2.53. The minimum atomic E-state index is -0.179. The molecule has 1 aliphatic carbocycles. The molecule has 1 aliphatic heterocycles. The standard InChI is InChI=1S/C22H28FN5.HI/c1-2-24-21(26-17-22(10-11-22)18-6-8-19(23)9-7-18)28-15-13-27(14-16-28)20-5-3-4-12-25-20;/h3-9,12H,2,10-11,13-17H2,1H3,(H,24,26);1H. The predicted octanol–water partition coefficient (Wildman–Crippen LogP) is 3.66. The van der Waals surface area contributed by atoms with Gasteiger partial charge in [0, 0.05) is 44.3 Å². The van der Waals surface area contributed by atoms with Gasteiger partial charge in [0.1, 0.15) is 11.6 Å². The molecule has 1 aromatic heterocycles. The van der Waals surface area contributed by atoms with Gasteiger partial charge in [-0.3, -0.25) is 4.99 Å². The first-order chi connectivity index (χ1) is 13.7. The number of aliphatic imine (C=N–C) groups is 1. The molecule has 0 amide bonds. The molecule has 4 rings (SSSR count). The molecular formula is C22H29FIN5. The summed E-state index contributed by atoms with van der Waals surface area (Å²) in [7, 11) is 0. The zero-order valence-corrected chi connectivity index (χ0v) is 19.2. The van der Waals surface area contributed by atoms with E-state index >= 15 is 0 Å². The fraction of sp³-hybridized carbons (Fsp3) is 0.455. The van der Waals surface area contributed by atoms with Crippen LogP contribution in [0.15, 0.2) is 53.7 Å². The van der Waals surface area contributed by atoms with E-state index in [1.54, 1.807) is 12.1 Å². The number of rotatable bonds is 5. The maximum Gasteiger partial charge on any atom is 0.194 e. The second-order valence-electron chi connectivity index (χ2n) is 7.62. The van der Waals surface area contributed by atoms with E-state index in [4.69, 9.17) is 4.99 Å². The van der Waals surface area contributed by atoms with Crippen molar-refractivity contribution >= 4 is 35.8 Å². The zero-order valence-electron chi connectivity index (χ0n) is 16.9. The predicted molar refractivity (Wildman–Crippen MR) is 127 cm³/mol. The van der Waals surface area contributed by atoms with Crippen molar-refractivity contribution in [3.05, 3.63) is 60.0 Å². The summed E-state index contributed by atoms with van der Waals surface area (Å²) in [4.78, 5) is 14.1. The van der Waals surface area contributed by atoms with Gasteiger partial charge >= 0.3 is 0 Å². The van der Waals surface area contributed by atoms with E-state index < -0.39 is 0 Å². The number of benzene rings is 1. The average molecular weight is 509 g/mol. The minimum absolute atomic E-state index is 0. The van der Waals surface area contributed by atoms with E-state index in [1.165, 1.54) is 5.56 Å². The van der Waals surface area contributed by atoms with Crippen molar-refractivity contribution in [2.45, 2.75) is 25.2 Å². The normalized spacial score (nSPS) is 18.2. The van der Waals surface area contributed by atoms with Gasteiger partial charge in [-0.1, -0.05) is 18.2 Å². The maximum atomic E-state index is 13.3. The lowest BCUT2D eigenvalue weighted by molar-refractivity contribution is 0.371. The molecule has 29 heavy (non-hydrogen) atoms. The van der Waals surface area contributed by atoms with E-state index in [-0.39, 0.29) is 35.2 Å². The Morgan fingerprint density at radius 3 is 2.41 bits per heavy atom. The number of anilines is 1. The SMILES string of the molecule is CCNC(=NCC1(c2ccc(F)cc2)CC1)N1CCN(c2ccccn2)CC1.I. The molecule has 0 spiro atoms. The van der Waals surface area contributed by atoms with Crippen LogP contribution in [0, 0.1) is 5.82 Å². The van der Waals surface area contributed by atoms with Crippen LogP contribution in [0.2, 0.25) is 0 Å². The molecule has 1 aromatic carbocycles. The maximum absolute atomic E-state index is 13.3. The number of hydrogen-bond donors (Lipinski definition) is 1. The quantitative estimate of drug-likeness (QED) is 0.380. The number of nitrogens with one attached hydrogen (secondary N) is 1. The van der Waals surface area contributed by atoms with E-state index in [1.807, 2.05) is 30.5 Å². The van der Waals surface area contributed by atoms with E-state index in [0.29, 0.717) is 0 Å². The van der Waals surface area contributed by atoms with Crippen molar-refractivity contribution in [2.24, 2.45) is 4.99 Å².